The number of amides is 2. The SMILES string of the molecule is Cc1nc(NC(=O)N2CCCC3CCCC32)oc1C. The molecule has 3 rings (SSSR count). The highest BCUT2D eigenvalue weighted by Gasteiger charge is 2.37. The first kappa shape index (κ1) is 12.5. The number of hydrogen-bond acceptors (Lipinski definition) is 3. The van der Waals surface area contributed by atoms with E-state index in [1.165, 1.54) is 19.3 Å². The number of fused-ring (bicyclic) bond motifs is 1. The van der Waals surface area contributed by atoms with Crippen molar-refractivity contribution in [3.05, 3.63) is 11.5 Å². The number of aryl methyl sites for hydroxylation is 2. The van der Waals surface area contributed by atoms with Crippen LogP contribution in [-0.4, -0.2) is 28.5 Å². The average Bonchev–Trinajstić information content (AvgIpc) is 2.96. The van der Waals surface area contributed by atoms with Crippen LogP contribution in [-0.2, 0) is 0 Å². The summed E-state index contributed by atoms with van der Waals surface area (Å²) in [5.41, 5.74) is 0.827. The van der Waals surface area contributed by atoms with Crippen molar-refractivity contribution >= 4 is 12.0 Å². The number of aromatic nitrogens is 1. The fraction of sp³-hybridized carbons (Fsp3) is 0.714. The predicted octanol–water partition coefficient (Wildman–Crippen LogP) is 3.09. The molecule has 1 aliphatic carbocycles. The van der Waals surface area contributed by atoms with Crippen molar-refractivity contribution in [3.8, 4) is 0 Å². The molecule has 19 heavy (non-hydrogen) atoms. The number of likely N-dealkylation sites (tertiary alicyclic amines) is 1. The molecule has 1 N–H and O–H groups in total. The molecule has 2 fully saturated rings. The van der Waals surface area contributed by atoms with Gasteiger partial charge in [-0.2, -0.15) is 4.98 Å². The number of carbonyl (C=O) groups is 1. The molecule has 2 unspecified atom stereocenters. The molecule has 5 nitrogen and oxygen atoms in total. The first-order chi connectivity index (χ1) is 9.15. The van der Waals surface area contributed by atoms with Gasteiger partial charge >= 0.3 is 12.0 Å². The van der Waals surface area contributed by atoms with Crippen LogP contribution in [0.2, 0.25) is 0 Å². The summed E-state index contributed by atoms with van der Waals surface area (Å²) in [6.07, 6.45) is 6.04. The second kappa shape index (κ2) is 4.87. The van der Waals surface area contributed by atoms with Gasteiger partial charge in [0.2, 0.25) is 0 Å². The zero-order valence-electron chi connectivity index (χ0n) is 11.6. The molecule has 2 atom stereocenters. The van der Waals surface area contributed by atoms with Crippen molar-refractivity contribution in [3.63, 3.8) is 0 Å². The van der Waals surface area contributed by atoms with Crippen molar-refractivity contribution in [2.75, 3.05) is 11.9 Å². The van der Waals surface area contributed by atoms with Gasteiger partial charge in [-0.15, -0.1) is 0 Å². The number of piperidine rings is 1. The molecule has 104 valence electrons. The maximum absolute atomic E-state index is 12.3. The highest BCUT2D eigenvalue weighted by atomic mass is 16.4. The van der Waals surface area contributed by atoms with E-state index in [2.05, 4.69) is 10.3 Å². The van der Waals surface area contributed by atoms with Crippen LogP contribution in [0.15, 0.2) is 4.42 Å². The summed E-state index contributed by atoms with van der Waals surface area (Å²) in [6, 6.07) is 0.684. The smallest absolute Gasteiger partial charge is 0.325 e. The lowest BCUT2D eigenvalue weighted by atomic mass is 9.92. The number of carbonyl (C=O) groups excluding carboxylic acids is 1. The molecule has 2 heterocycles. The topological polar surface area (TPSA) is 58.4 Å². The molecule has 0 aromatic carbocycles. The van der Waals surface area contributed by atoms with Gasteiger partial charge in [0.05, 0.1) is 5.69 Å². The fourth-order valence-electron chi connectivity index (χ4n) is 3.40. The van der Waals surface area contributed by atoms with E-state index in [1.807, 2.05) is 18.7 Å². The quantitative estimate of drug-likeness (QED) is 0.847. The van der Waals surface area contributed by atoms with E-state index >= 15 is 0 Å². The Balaban J connectivity index is 1.69. The van der Waals surface area contributed by atoms with Gasteiger partial charge in [0.15, 0.2) is 0 Å². The number of anilines is 1. The first-order valence-electron chi connectivity index (χ1n) is 7.17. The van der Waals surface area contributed by atoms with Gasteiger partial charge in [-0.05, 0) is 45.4 Å². The number of rotatable bonds is 1. The third-order valence-corrected chi connectivity index (χ3v) is 4.50. The molecular weight excluding hydrogens is 242 g/mol. The molecule has 1 aromatic rings. The highest BCUT2D eigenvalue weighted by Crippen LogP contribution is 2.36. The molecule has 1 aromatic heterocycles. The molecule has 2 aliphatic rings. The number of oxazole rings is 1. The summed E-state index contributed by atoms with van der Waals surface area (Å²) in [6.45, 7) is 4.58. The van der Waals surface area contributed by atoms with Crippen molar-refractivity contribution in [2.45, 2.75) is 52.0 Å². The lowest BCUT2D eigenvalue weighted by molar-refractivity contribution is 0.138. The van der Waals surface area contributed by atoms with Crippen LogP contribution in [0.3, 0.4) is 0 Å². The van der Waals surface area contributed by atoms with Crippen LogP contribution in [0.25, 0.3) is 0 Å². The van der Waals surface area contributed by atoms with Gasteiger partial charge in [-0.25, -0.2) is 4.79 Å². The monoisotopic (exact) mass is 263 g/mol. The summed E-state index contributed by atoms with van der Waals surface area (Å²) in [5.74, 6) is 1.46. The second-order valence-corrected chi connectivity index (χ2v) is 5.68. The minimum absolute atomic E-state index is 0.0575. The maximum atomic E-state index is 12.3. The van der Waals surface area contributed by atoms with Gasteiger partial charge < -0.3 is 9.32 Å². The third-order valence-electron chi connectivity index (χ3n) is 4.50. The first-order valence-corrected chi connectivity index (χ1v) is 7.17. The molecule has 5 heteroatoms. The normalized spacial score (nSPS) is 26.3. The third kappa shape index (κ3) is 2.33. The highest BCUT2D eigenvalue weighted by molar-refractivity contribution is 5.87. The zero-order chi connectivity index (χ0) is 13.4. The summed E-state index contributed by atoms with van der Waals surface area (Å²) in [7, 11) is 0. The van der Waals surface area contributed by atoms with Crippen LogP contribution in [0.1, 0.15) is 43.6 Å². The maximum Gasteiger partial charge on any atom is 0.325 e. The van der Waals surface area contributed by atoms with Crippen LogP contribution >= 0.6 is 0 Å². The zero-order valence-corrected chi connectivity index (χ0v) is 11.6. The number of nitrogens with zero attached hydrogens (tertiary/aromatic N) is 2. The second-order valence-electron chi connectivity index (χ2n) is 5.68. The van der Waals surface area contributed by atoms with E-state index in [0.29, 0.717) is 18.0 Å². The Morgan fingerprint density at radius 3 is 2.84 bits per heavy atom. The van der Waals surface area contributed by atoms with Crippen molar-refractivity contribution in [1.82, 2.24) is 9.88 Å². The minimum Gasteiger partial charge on any atom is -0.428 e. The summed E-state index contributed by atoms with van der Waals surface area (Å²) in [5, 5.41) is 2.80. The van der Waals surface area contributed by atoms with Gasteiger partial charge in [-0.1, -0.05) is 6.42 Å². The molecular formula is C14H21N3O2. The lowest BCUT2D eigenvalue weighted by Crippen LogP contribution is -2.48. The van der Waals surface area contributed by atoms with Crippen LogP contribution in [0.5, 0.6) is 0 Å². The van der Waals surface area contributed by atoms with Crippen molar-refractivity contribution in [1.29, 1.82) is 0 Å². The Morgan fingerprint density at radius 2 is 2.11 bits per heavy atom. The van der Waals surface area contributed by atoms with Crippen LogP contribution in [0, 0.1) is 19.8 Å². The van der Waals surface area contributed by atoms with E-state index in [9.17, 15) is 4.79 Å². The Hall–Kier alpha value is -1.52. The van der Waals surface area contributed by atoms with E-state index in [4.69, 9.17) is 4.42 Å². The van der Waals surface area contributed by atoms with Crippen molar-refractivity contribution < 1.29 is 9.21 Å². The van der Waals surface area contributed by atoms with Gasteiger partial charge in [-0.3, -0.25) is 5.32 Å². The Bertz CT molecular complexity index is 464. The number of hydrogen-bond donors (Lipinski definition) is 1. The van der Waals surface area contributed by atoms with Crippen LogP contribution in [0.4, 0.5) is 10.8 Å². The Kier molecular flexibility index (Phi) is 3.21. The molecule has 1 aliphatic heterocycles. The molecule has 1 saturated heterocycles. The summed E-state index contributed by atoms with van der Waals surface area (Å²) in [4.78, 5) is 18.5. The van der Waals surface area contributed by atoms with Gasteiger partial charge in [0.25, 0.3) is 0 Å². The minimum atomic E-state index is -0.0575. The van der Waals surface area contributed by atoms with E-state index in [-0.39, 0.29) is 6.03 Å². The summed E-state index contributed by atoms with van der Waals surface area (Å²) < 4.78 is 5.42. The van der Waals surface area contributed by atoms with E-state index < -0.39 is 0 Å². The van der Waals surface area contributed by atoms with E-state index in [0.717, 1.165) is 30.8 Å². The summed E-state index contributed by atoms with van der Waals surface area (Å²) >= 11 is 0. The average molecular weight is 263 g/mol. The fourth-order valence-corrected chi connectivity index (χ4v) is 3.40. The molecule has 0 radical (unpaired) electrons. The van der Waals surface area contributed by atoms with Gasteiger partial charge in [0, 0.05) is 12.6 Å². The van der Waals surface area contributed by atoms with E-state index in [1.54, 1.807) is 0 Å². The number of nitrogens with one attached hydrogen (secondary N) is 1. The predicted molar refractivity (Wildman–Crippen MR) is 72.1 cm³/mol. The lowest BCUT2D eigenvalue weighted by Gasteiger charge is -2.37. The molecule has 2 amide bonds. The molecule has 0 bridgehead atoms. The Morgan fingerprint density at radius 1 is 1.32 bits per heavy atom. The largest absolute Gasteiger partial charge is 0.428 e. The van der Waals surface area contributed by atoms with Crippen molar-refractivity contribution in [2.24, 2.45) is 5.92 Å². The van der Waals surface area contributed by atoms with Crippen LogP contribution < -0.4 is 5.32 Å². The molecule has 1 saturated carbocycles. The Labute approximate surface area is 113 Å². The standard InChI is InChI=1S/C14H21N3O2/c1-9-10(2)19-13(15-9)16-14(18)17-8-4-6-11-5-3-7-12(11)17/h11-12H,3-8H2,1-2H3,(H,15,16,18). The van der Waals surface area contributed by atoms with Gasteiger partial charge in [0.1, 0.15) is 5.76 Å². The number of urea groups is 1. The molecule has 0 spiro atoms.